The van der Waals surface area contributed by atoms with Crippen molar-refractivity contribution in [1.29, 1.82) is 0 Å². The van der Waals surface area contributed by atoms with E-state index in [1.165, 1.54) is 13.2 Å². The van der Waals surface area contributed by atoms with Gasteiger partial charge in [0.2, 0.25) is 0 Å². The molecule has 0 aliphatic rings. The van der Waals surface area contributed by atoms with Gasteiger partial charge >= 0.3 is 0 Å². The molecule has 0 atom stereocenters. The summed E-state index contributed by atoms with van der Waals surface area (Å²) in [4.78, 5) is 8.61. The minimum atomic E-state index is -0.397. The molecule has 2 heterocycles. The normalized spacial score (nSPS) is 11.0. The van der Waals surface area contributed by atoms with Gasteiger partial charge < -0.3 is 4.74 Å². The molecule has 0 radical (unpaired) electrons. The van der Waals surface area contributed by atoms with Gasteiger partial charge in [-0.1, -0.05) is 0 Å². The van der Waals surface area contributed by atoms with Crippen molar-refractivity contribution in [2.24, 2.45) is 0 Å². The van der Waals surface area contributed by atoms with Crippen LogP contribution in [0.1, 0.15) is 5.82 Å². The number of ether oxygens (including phenoxy) is 1. The number of alkyl halides is 1. The Balaban J connectivity index is 2.24. The number of halogens is 2. The molecule has 0 aliphatic heterocycles. The Morgan fingerprint density at radius 2 is 2.19 bits per heavy atom. The minimum Gasteiger partial charge on any atom is -0.494 e. The number of aryl methyl sites for hydroxylation is 1. The number of hydrogen-bond acceptors (Lipinski definition) is 3. The maximum absolute atomic E-state index is 13.6. The van der Waals surface area contributed by atoms with Crippen LogP contribution in [0.15, 0.2) is 36.7 Å². The van der Waals surface area contributed by atoms with Crippen molar-refractivity contribution in [3.8, 4) is 11.4 Å². The molecule has 6 heteroatoms. The highest BCUT2D eigenvalue weighted by Crippen LogP contribution is 2.26. The smallest absolute Gasteiger partial charge is 0.165 e. The Hall–Kier alpha value is -2.14. The van der Waals surface area contributed by atoms with E-state index >= 15 is 0 Å². The molecule has 3 rings (SSSR count). The molecule has 0 N–H and O–H groups in total. The van der Waals surface area contributed by atoms with E-state index in [4.69, 9.17) is 16.3 Å². The van der Waals surface area contributed by atoms with Gasteiger partial charge in [-0.25, -0.2) is 9.37 Å². The van der Waals surface area contributed by atoms with Crippen molar-refractivity contribution >= 4 is 22.6 Å². The molecule has 0 spiro atoms. The quantitative estimate of drug-likeness (QED) is 0.694. The third kappa shape index (κ3) is 2.45. The van der Waals surface area contributed by atoms with Gasteiger partial charge in [0.1, 0.15) is 11.3 Å². The Bertz CT molecular complexity index is 788. The number of imidazole rings is 1. The lowest BCUT2D eigenvalue weighted by atomic mass is 10.2. The second-order valence-corrected chi connectivity index (χ2v) is 4.86. The fourth-order valence-corrected chi connectivity index (χ4v) is 2.48. The molecule has 108 valence electrons. The summed E-state index contributed by atoms with van der Waals surface area (Å²) in [7, 11) is 1.44. The van der Waals surface area contributed by atoms with Crippen LogP contribution in [-0.4, -0.2) is 27.5 Å². The van der Waals surface area contributed by atoms with Crippen LogP contribution in [0.25, 0.3) is 16.7 Å². The highest BCUT2D eigenvalue weighted by molar-refractivity contribution is 6.17. The van der Waals surface area contributed by atoms with Gasteiger partial charge in [-0.3, -0.25) is 9.55 Å². The Kier molecular flexibility index (Phi) is 3.75. The molecule has 0 unspecified atom stereocenters. The third-order valence-corrected chi connectivity index (χ3v) is 3.43. The Labute approximate surface area is 126 Å². The number of rotatable bonds is 4. The summed E-state index contributed by atoms with van der Waals surface area (Å²) in [6, 6.07) is 6.59. The predicted octanol–water partition coefficient (Wildman–Crippen LogP) is 3.35. The first-order valence-corrected chi connectivity index (χ1v) is 6.99. The minimum absolute atomic E-state index is 0.195. The van der Waals surface area contributed by atoms with Crippen molar-refractivity contribution in [2.45, 2.75) is 6.42 Å². The molecule has 0 fully saturated rings. The second-order valence-electron chi connectivity index (χ2n) is 4.49. The highest BCUT2D eigenvalue weighted by Gasteiger charge is 2.14. The number of aromatic nitrogens is 3. The van der Waals surface area contributed by atoms with Gasteiger partial charge in [-0.15, -0.1) is 11.6 Å². The molecule has 2 aromatic heterocycles. The number of hydrogen-bond donors (Lipinski definition) is 0. The third-order valence-electron chi connectivity index (χ3n) is 3.24. The van der Waals surface area contributed by atoms with Crippen LogP contribution in [0.5, 0.6) is 5.75 Å². The van der Waals surface area contributed by atoms with Crippen LogP contribution in [-0.2, 0) is 6.42 Å². The number of benzene rings is 1. The van der Waals surface area contributed by atoms with Crippen molar-refractivity contribution in [2.75, 3.05) is 13.0 Å². The molecule has 0 amide bonds. The van der Waals surface area contributed by atoms with Gasteiger partial charge in [-0.05, 0) is 18.2 Å². The van der Waals surface area contributed by atoms with Crippen LogP contribution >= 0.6 is 11.6 Å². The molecule has 0 bridgehead atoms. The standard InChI is InChI=1S/C15H13ClFN3O/c1-21-14-8-10(2-3-11(14)17)20-13-5-7-18-9-12(13)19-15(20)4-6-16/h2-3,5,7-9H,4,6H2,1H3. The van der Waals surface area contributed by atoms with E-state index in [2.05, 4.69) is 9.97 Å². The molecular weight excluding hydrogens is 293 g/mol. The largest absolute Gasteiger partial charge is 0.494 e. The zero-order chi connectivity index (χ0) is 14.8. The van der Waals surface area contributed by atoms with E-state index in [-0.39, 0.29) is 5.75 Å². The first-order chi connectivity index (χ1) is 10.2. The Morgan fingerprint density at radius 1 is 1.33 bits per heavy atom. The molecule has 0 saturated heterocycles. The van der Waals surface area contributed by atoms with E-state index < -0.39 is 5.82 Å². The fraction of sp³-hybridized carbons (Fsp3) is 0.200. The molecule has 3 aromatic rings. The summed E-state index contributed by atoms with van der Waals surface area (Å²) in [5.74, 6) is 1.06. The van der Waals surface area contributed by atoms with Gasteiger partial charge in [-0.2, -0.15) is 0 Å². The van der Waals surface area contributed by atoms with Crippen LogP contribution in [0.2, 0.25) is 0 Å². The number of nitrogens with zero attached hydrogens (tertiary/aromatic N) is 3. The highest BCUT2D eigenvalue weighted by atomic mass is 35.5. The van der Waals surface area contributed by atoms with Crippen molar-refractivity contribution in [1.82, 2.24) is 14.5 Å². The summed E-state index contributed by atoms with van der Waals surface area (Å²) in [6.45, 7) is 0. The topological polar surface area (TPSA) is 39.9 Å². The van der Waals surface area contributed by atoms with Crippen LogP contribution < -0.4 is 4.74 Å². The molecular formula is C15H13ClFN3O. The summed E-state index contributed by atoms with van der Waals surface area (Å²) in [5, 5.41) is 0. The predicted molar refractivity (Wildman–Crippen MR) is 79.8 cm³/mol. The van der Waals surface area contributed by atoms with Crippen LogP contribution in [0.3, 0.4) is 0 Å². The first kappa shape index (κ1) is 13.8. The Morgan fingerprint density at radius 3 is 2.95 bits per heavy atom. The number of methoxy groups -OCH3 is 1. The van der Waals surface area contributed by atoms with Gasteiger partial charge in [0, 0.05) is 24.6 Å². The van der Waals surface area contributed by atoms with Crippen molar-refractivity contribution in [3.05, 3.63) is 48.3 Å². The van der Waals surface area contributed by atoms with Gasteiger partial charge in [0.15, 0.2) is 11.6 Å². The van der Waals surface area contributed by atoms with E-state index in [1.807, 2.05) is 10.6 Å². The molecule has 4 nitrogen and oxygen atoms in total. The summed E-state index contributed by atoms with van der Waals surface area (Å²) >= 11 is 5.85. The lowest BCUT2D eigenvalue weighted by Crippen LogP contribution is -2.03. The fourth-order valence-electron chi connectivity index (χ4n) is 2.31. The molecule has 0 aliphatic carbocycles. The molecule has 21 heavy (non-hydrogen) atoms. The van der Waals surface area contributed by atoms with E-state index in [1.54, 1.807) is 24.5 Å². The number of pyridine rings is 1. The lowest BCUT2D eigenvalue weighted by molar-refractivity contribution is 0.386. The van der Waals surface area contributed by atoms with Crippen LogP contribution in [0, 0.1) is 5.82 Å². The zero-order valence-corrected chi connectivity index (χ0v) is 12.1. The maximum Gasteiger partial charge on any atom is 0.165 e. The second kappa shape index (κ2) is 5.69. The average molecular weight is 306 g/mol. The first-order valence-electron chi connectivity index (χ1n) is 6.46. The molecule has 1 aromatic carbocycles. The van der Waals surface area contributed by atoms with Gasteiger partial charge in [0.05, 0.1) is 24.5 Å². The van der Waals surface area contributed by atoms with E-state index in [9.17, 15) is 4.39 Å². The summed E-state index contributed by atoms with van der Waals surface area (Å²) in [6.07, 6.45) is 4.01. The number of fused-ring (bicyclic) bond motifs is 1. The monoisotopic (exact) mass is 305 g/mol. The van der Waals surface area contributed by atoms with Gasteiger partial charge in [0.25, 0.3) is 0 Å². The van der Waals surface area contributed by atoms with E-state index in [0.29, 0.717) is 12.3 Å². The molecule has 0 saturated carbocycles. The zero-order valence-electron chi connectivity index (χ0n) is 11.4. The summed E-state index contributed by atoms with van der Waals surface area (Å²) < 4.78 is 20.6. The van der Waals surface area contributed by atoms with E-state index in [0.717, 1.165) is 22.5 Å². The van der Waals surface area contributed by atoms with Crippen LogP contribution in [0.4, 0.5) is 4.39 Å². The lowest BCUT2D eigenvalue weighted by Gasteiger charge is -2.10. The summed E-state index contributed by atoms with van der Waals surface area (Å²) in [5.41, 5.74) is 2.46. The average Bonchev–Trinajstić information content (AvgIpc) is 2.86. The SMILES string of the molecule is COc1cc(-n2c(CCCl)nc3cnccc32)ccc1F. The van der Waals surface area contributed by atoms with Crippen molar-refractivity contribution < 1.29 is 9.13 Å². The van der Waals surface area contributed by atoms with Crippen molar-refractivity contribution in [3.63, 3.8) is 0 Å². The maximum atomic E-state index is 13.6.